The summed E-state index contributed by atoms with van der Waals surface area (Å²) in [6, 6.07) is 13.0. The zero-order valence-corrected chi connectivity index (χ0v) is 23.1. The van der Waals surface area contributed by atoms with E-state index in [4.69, 9.17) is 37.4 Å². The first-order valence-corrected chi connectivity index (χ1v) is 14.5. The lowest BCUT2D eigenvalue weighted by molar-refractivity contribution is -0.189. The molecule has 5 rings (SSSR count). The molecule has 2 aliphatic heterocycles. The minimum absolute atomic E-state index is 0. The van der Waals surface area contributed by atoms with Crippen LogP contribution in [0.15, 0.2) is 61.2 Å². The molecule has 1 aromatic heterocycles. The summed E-state index contributed by atoms with van der Waals surface area (Å²) in [5, 5.41) is 0.993. The second-order valence-electron chi connectivity index (χ2n) is 9.12. The molecule has 2 aromatic carbocycles. The van der Waals surface area contributed by atoms with Crippen LogP contribution in [0.3, 0.4) is 0 Å². The number of hydrogen-bond donors (Lipinski definition) is 0. The van der Waals surface area contributed by atoms with E-state index in [1.807, 2.05) is 41.1 Å². The predicted molar refractivity (Wildman–Crippen MR) is 145 cm³/mol. The maximum atomic E-state index is 11.7. The second kappa shape index (κ2) is 11.8. The number of sulfonamides is 1. The zero-order valence-electron chi connectivity index (χ0n) is 20.8. The Labute approximate surface area is 232 Å². The highest BCUT2D eigenvalue weighted by Gasteiger charge is 2.45. The van der Waals surface area contributed by atoms with Gasteiger partial charge in [0.2, 0.25) is 15.8 Å². The molecule has 0 bridgehead atoms. The number of anilines is 1. The largest absolute Gasteiger partial charge is 0.491 e. The lowest BCUT2D eigenvalue weighted by Crippen LogP contribution is -2.48. The standard InChI is InChI=1S/C25H28Cl2N4O5S.H2O/c1-37(32,33)31-12-10-30(11-13-31)20-3-5-21(6-4-20)34-15-22-16-35-25(36-22,17-29-9-8-28-18-29)23-7-2-19(26)14-24(23)27;/h2-9,14,18,22H,10-13,15-17H2,1H3;1H2. The molecule has 38 heavy (non-hydrogen) atoms. The molecule has 2 saturated heterocycles. The molecule has 0 spiro atoms. The summed E-state index contributed by atoms with van der Waals surface area (Å²) in [6.45, 7) is 3.24. The number of hydrogen-bond acceptors (Lipinski definition) is 7. The summed E-state index contributed by atoms with van der Waals surface area (Å²) >= 11 is 12.6. The van der Waals surface area contributed by atoms with Crippen LogP contribution < -0.4 is 9.64 Å². The van der Waals surface area contributed by atoms with Gasteiger partial charge >= 0.3 is 0 Å². The van der Waals surface area contributed by atoms with Crippen LogP contribution in [-0.2, 0) is 31.8 Å². The van der Waals surface area contributed by atoms with Crippen LogP contribution in [0.1, 0.15) is 5.56 Å². The van der Waals surface area contributed by atoms with E-state index in [0.29, 0.717) is 67.3 Å². The van der Waals surface area contributed by atoms with Crippen LogP contribution in [-0.4, -0.2) is 79.5 Å². The number of benzene rings is 2. The summed E-state index contributed by atoms with van der Waals surface area (Å²) in [7, 11) is -3.15. The summed E-state index contributed by atoms with van der Waals surface area (Å²) < 4.78 is 45.5. The highest BCUT2D eigenvalue weighted by atomic mass is 35.5. The van der Waals surface area contributed by atoms with E-state index in [-0.39, 0.29) is 11.6 Å². The van der Waals surface area contributed by atoms with Crippen molar-refractivity contribution in [2.45, 2.75) is 18.4 Å². The Morgan fingerprint density at radius 3 is 2.47 bits per heavy atom. The molecule has 0 amide bonds. The van der Waals surface area contributed by atoms with Gasteiger partial charge < -0.3 is 29.2 Å². The van der Waals surface area contributed by atoms with Gasteiger partial charge in [0.15, 0.2) is 0 Å². The monoisotopic (exact) mass is 584 g/mol. The van der Waals surface area contributed by atoms with Gasteiger partial charge in [0.25, 0.3) is 0 Å². The smallest absolute Gasteiger partial charge is 0.215 e. The Balaban J connectivity index is 0.00000336. The average Bonchev–Trinajstić information content (AvgIpc) is 3.53. The van der Waals surface area contributed by atoms with E-state index in [9.17, 15) is 8.42 Å². The van der Waals surface area contributed by atoms with Crippen molar-refractivity contribution in [1.82, 2.24) is 13.9 Å². The van der Waals surface area contributed by atoms with Crippen molar-refractivity contribution in [2.75, 3.05) is 50.5 Å². The number of rotatable bonds is 8. The second-order valence-corrected chi connectivity index (χ2v) is 11.9. The zero-order chi connectivity index (χ0) is 26.0. The van der Waals surface area contributed by atoms with E-state index in [2.05, 4.69) is 9.88 Å². The normalized spacial score (nSPS) is 22.3. The van der Waals surface area contributed by atoms with Gasteiger partial charge in [-0.2, -0.15) is 4.31 Å². The van der Waals surface area contributed by atoms with Crippen molar-refractivity contribution >= 4 is 38.9 Å². The van der Waals surface area contributed by atoms with Gasteiger partial charge in [0.1, 0.15) is 18.5 Å². The van der Waals surface area contributed by atoms with E-state index < -0.39 is 15.8 Å². The molecule has 2 aliphatic rings. The molecule has 2 fully saturated rings. The lowest BCUT2D eigenvalue weighted by atomic mass is 10.1. The first-order valence-electron chi connectivity index (χ1n) is 11.9. The third-order valence-electron chi connectivity index (χ3n) is 6.50. The van der Waals surface area contributed by atoms with Gasteiger partial charge in [0.05, 0.1) is 30.8 Å². The minimum Gasteiger partial charge on any atom is -0.491 e. The quantitative estimate of drug-likeness (QED) is 0.399. The summed E-state index contributed by atoms with van der Waals surface area (Å²) in [6.07, 6.45) is 6.16. The van der Waals surface area contributed by atoms with Gasteiger partial charge in [-0.05, 0) is 36.4 Å². The molecule has 10 nitrogen and oxygen atoms in total. The lowest BCUT2D eigenvalue weighted by Gasteiger charge is -2.34. The Hall–Kier alpha value is -2.38. The third kappa shape index (κ3) is 6.42. The fourth-order valence-corrected chi connectivity index (χ4v) is 5.97. The van der Waals surface area contributed by atoms with Crippen LogP contribution in [0.2, 0.25) is 10.0 Å². The number of ether oxygens (including phenoxy) is 3. The average molecular weight is 586 g/mol. The Kier molecular flexibility index (Phi) is 8.88. The molecular formula is C25H30Cl2N4O6S. The van der Waals surface area contributed by atoms with Crippen LogP contribution in [0.5, 0.6) is 5.75 Å². The first kappa shape index (κ1) is 28.6. The minimum atomic E-state index is -3.15. The SMILES string of the molecule is CS(=O)(=O)N1CCN(c2ccc(OCC3COC(Cn4ccnc4)(c4ccc(Cl)cc4Cl)O3)cc2)CC1.O. The summed E-state index contributed by atoms with van der Waals surface area (Å²) in [5.74, 6) is -0.396. The van der Waals surface area contributed by atoms with Crippen LogP contribution in [0.4, 0.5) is 5.69 Å². The number of piperazine rings is 1. The van der Waals surface area contributed by atoms with Crippen molar-refractivity contribution in [3.05, 3.63) is 76.8 Å². The van der Waals surface area contributed by atoms with Gasteiger partial charge in [-0.1, -0.05) is 29.3 Å². The first-order chi connectivity index (χ1) is 17.7. The van der Waals surface area contributed by atoms with Crippen molar-refractivity contribution < 1.29 is 28.1 Å². The summed E-state index contributed by atoms with van der Waals surface area (Å²) in [5.41, 5.74) is 1.72. The Morgan fingerprint density at radius 1 is 1.11 bits per heavy atom. The Bertz CT molecular complexity index is 1320. The van der Waals surface area contributed by atoms with E-state index in [1.54, 1.807) is 24.7 Å². The van der Waals surface area contributed by atoms with Crippen molar-refractivity contribution in [3.63, 3.8) is 0 Å². The number of aromatic nitrogens is 2. The van der Waals surface area contributed by atoms with Gasteiger partial charge in [0, 0.05) is 54.8 Å². The van der Waals surface area contributed by atoms with Gasteiger partial charge in [-0.15, -0.1) is 0 Å². The molecule has 2 atom stereocenters. The molecule has 3 aromatic rings. The Morgan fingerprint density at radius 2 is 1.84 bits per heavy atom. The fourth-order valence-electron chi connectivity index (χ4n) is 4.60. The fraction of sp³-hybridized carbons (Fsp3) is 0.400. The highest BCUT2D eigenvalue weighted by molar-refractivity contribution is 7.88. The van der Waals surface area contributed by atoms with Crippen molar-refractivity contribution in [1.29, 1.82) is 0 Å². The van der Waals surface area contributed by atoms with Crippen LogP contribution in [0.25, 0.3) is 0 Å². The number of halogens is 2. The maximum Gasteiger partial charge on any atom is 0.215 e. The molecule has 0 radical (unpaired) electrons. The molecule has 13 heteroatoms. The molecule has 2 unspecified atom stereocenters. The molecular weight excluding hydrogens is 555 g/mol. The van der Waals surface area contributed by atoms with Crippen molar-refractivity contribution in [3.8, 4) is 5.75 Å². The molecule has 2 N–H and O–H groups in total. The van der Waals surface area contributed by atoms with E-state index in [0.717, 1.165) is 5.69 Å². The van der Waals surface area contributed by atoms with Gasteiger partial charge in [-0.3, -0.25) is 0 Å². The van der Waals surface area contributed by atoms with E-state index >= 15 is 0 Å². The van der Waals surface area contributed by atoms with Crippen LogP contribution in [0, 0.1) is 0 Å². The summed E-state index contributed by atoms with van der Waals surface area (Å²) in [4.78, 5) is 6.28. The molecule has 206 valence electrons. The van der Waals surface area contributed by atoms with Crippen molar-refractivity contribution in [2.24, 2.45) is 0 Å². The van der Waals surface area contributed by atoms with Gasteiger partial charge in [-0.25, -0.2) is 13.4 Å². The topological polar surface area (TPSA) is 118 Å². The predicted octanol–water partition coefficient (Wildman–Crippen LogP) is 2.79. The molecule has 0 saturated carbocycles. The molecule has 3 heterocycles. The molecule has 0 aliphatic carbocycles. The highest BCUT2D eigenvalue weighted by Crippen LogP contribution is 2.40. The maximum absolute atomic E-state index is 11.7. The van der Waals surface area contributed by atoms with Crippen LogP contribution >= 0.6 is 23.2 Å². The number of nitrogens with zero attached hydrogens (tertiary/aromatic N) is 4. The third-order valence-corrected chi connectivity index (χ3v) is 8.35. The number of imidazole rings is 1. The van der Waals surface area contributed by atoms with E-state index in [1.165, 1.54) is 10.6 Å².